The van der Waals surface area contributed by atoms with Crippen molar-refractivity contribution in [1.29, 1.82) is 0 Å². The summed E-state index contributed by atoms with van der Waals surface area (Å²) in [6.45, 7) is 2.90. The minimum absolute atomic E-state index is 0.122. The number of nitrogen functional groups attached to an aromatic ring is 1. The predicted octanol–water partition coefficient (Wildman–Crippen LogP) is 2.27. The average Bonchev–Trinajstić information content (AvgIpc) is 2.61. The third-order valence-corrected chi connectivity index (χ3v) is 3.76. The largest absolute Gasteiger partial charge is 0.383 e. The van der Waals surface area contributed by atoms with Gasteiger partial charge in [0, 0.05) is 26.3 Å². The van der Waals surface area contributed by atoms with Gasteiger partial charge in [0.15, 0.2) is 5.82 Å². The molecule has 1 heterocycles. The molecule has 0 aliphatic carbocycles. The number of nitrogens with zero attached hydrogens (tertiary/aromatic N) is 3. The van der Waals surface area contributed by atoms with E-state index in [1.807, 2.05) is 30.1 Å². The van der Waals surface area contributed by atoms with Crippen molar-refractivity contribution in [2.45, 2.75) is 13.0 Å². The van der Waals surface area contributed by atoms with Gasteiger partial charge in [0.1, 0.15) is 11.1 Å². The second kappa shape index (κ2) is 9.25. The number of ether oxygens (including phenoxy) is 1. The molecule has 0 spiro atoms. The number of likely N-dealkylation sites (N-methyl/N-ethyl adjacent to an activating group) is 1. The van der Waals surface area contributed by atoms with E-state index < -0.39 is 6.10 Å². The number of aliphatic hydroxyl groups is 1. The van der Waals surface area contributed by atoms with Crippen molar-refractivity contribution < 1.29 is 9.84 Å². The zero-order valence-electron chi connectivity index (χ0n) is 15.0. The third kappa shape index (κ3) is 5.49. The Labute approximate surface area is 158 Å². The second-order valence-corrected chi connectivity index (χ2v) is 6.05. The van der Waals surface area contributed by atoms with Gasteiger partial charge in [0.05, 0.1) is 24.2 Å². The molecular formula is C18H22ClN5O2. The van der Waals surface area contributed by atoms with Crippen LogP contribution < -0.4 is 16.0 Å². The number of methoxy groups -OCH3 is 1. The molecule has 0 radical (unpaired) electrons. The van der Waals surface area contributed by atoms with Crippen LogP contribution in [0.1, 0.15) is 12.5 Å². The molecule has 0 saturated carbocycles. The molecule has 2 aromatic rings. The lowest BCUT2D eigenvalue weighted by molar-refractivity contribution is 0.206. The molecule has 138 valence electrons. The van der Waals surface area contributed by atoms with Gasteiger partial charge in [-0.2, -0.15) is 4.98 Å². The maximum absolute atomic E-state index is 9.37. The summed E-state index contributed by atoms with van der Waals surface area (Å²) in [5.41, 5.74) is 8.07. The first-order valence-corrected chi connectivity index (χ1v) is 8.37. The van der Waals surface area contributed by atoms with E-state index in [0.717, 1.165) is 16.9 Å². The lowest BCUT2D eigenvalue weighted by Gasteiger charge is -2.23. The number of hydrogen-bond acceptors (Lipinski definition) is 7. The summed E-state index contributed by atoms with van der Waals surface area (Å²) in [5, 5.41) is 12.9. The lowest BCUT2D eigenvalue weighted by atomic mass is 10.1. The van der Waals surface area contributed by atoms with E-state index in [1.54, 1.807) is 14.0 Å². The van der Waals surface area contributed by atoms with Gasteiger partial charge in [0.2, 0.25) is 5.95 Å². The molecule has 0 aliphatic heterocycles. The summed E-state index contributed by atoms with van der Waals surface area (Å²) in [5.74, 6) is 6.19. The molecule has 1 aromatic heterocycles. The van der Waals surface area contributed by atoms with E-state index in [4.69, 9.17) is 22.1 Å². The number of hydrogen-bond donors (Lipinski definition) is 3. The van der Waals surface area contributed by atoms with Crippen LogP contribution in [0.4, 0.5) is 23.1 Å². The fourth-order valence-corrected chi connectivity index (χ4v) is 2.32. The molecule has 0 bridgehead atoms. The highest BCUT2D eigenvalue weighted by atomic mass is 35.5. The number of benzene rings is 1. The van der Waals surface area contributed by atoms with Crippen LogP contribution >= 0.6 is 11.6 Å². The summed E-state index contributed by atoms with van der Waals surface area (Å²) in [6, 6.07) is 5.68. The molecule has 7 nitrogen and oxygen atoms in total. The topological polar surface area (TPSA) is 96.5 Å². The molecule has 1 unspecified atom stereocenters. The Morgan fingerprint density at radius 2 is 2.23 bits per heavy atom. The lowest BCUT2D eigenvalue weighted by Crippen LogP contribution is -2.23. The van der Waals surface area contributed by atoms with Crippen molar-refractivity contribution in [2.75, 3.05) is 43.3 Å². The summed E-state index contributed by atoms with van der Waals surface area (Å²) in [7, 11) is 3.61. The standard InChI is InChI=1S/C18H22ClN5O2/c1-12(25)4-5-13-6-7-16(24(2)8-9-26-3)15(10-13)22-17-14(19)11-21-18(20)23-17/h6-7,10-12,25H,8-9H2,1-3H3,(H3,20,21,22,23). The first kappa shape index (κ1) is 19.8. The van der Waals surface area contributed by atoms with E-state index in [2.05, 4.69) is 27.1 Å². The zero-order chi connectivity index (χ0) is 19.1. The fraction of sp³-hybridized carbons (Fsp3) is 0.333. The highest BCUT2D eigenvalue weighted by Crippen LogP contribution is 2.31. The van der Waals surface area contributed by atoms with Crippen LogP contribution in [-0.4, -0.2) is 48.5 Å². The molecule has 0 fully saturated rings. The number of aromatic nitrogens is 2. The molecule has 0 saturated heterocycles. The van der Waals surface area contributed by atoms with Gasteiger partial charge < -0.3 is 25.8 Å². The van der Waals surface area contributed by atoms with Crippen molar-refractivity contribution in [2.24, 2.45) is 0 Å². The maximum atomic E-state index is 9.37. The second-order valence-electron chi connectivity index (χ2n) is 5.64. The number of rotatable bonds is 6. The van der Waals surface area contributed by atoms with Crippen LogP contribution in [0.25, 0.3) is 0 Å². The van der Waals surface area contributed by atoms with Crippen LogP contribution in [0.2, 0.25) is 5.02 Å². The fourth-order valence-electron chi connectivity index (χ4n) is 2.18. The van der Waals surface area contributed by atoms with Crippen LogP contribution in [-0.2, 0) is 4.74 Å². The van der Waals surface area contributed by atoms with Gasteiger partial charge in [-0.05, 0) is 25.1 Å². The van der Waals surface area contributed by atoms with Gasteiger partial charge in [-0.3, -0.25) is 0 Å². The number of halogens is 1. The molecule has 1 atom stereocenters. The van der Waals surface area contributed by atoms with Crippen molar-refractivity contribution >= 4 is 34.7 Å². The van der Waals surface area contributed by atoms with Crippen LogP contribution in [0.5, 0.6) is 0 Å². The summed E-state index contributed by atoms with van der Waals surface area (Å²) in [4.78, 5) is 10.0. The average molecular weight is 376 g/mol. The van der Waals surface area contributed by atoms with Gasteiger partial charge in [-0.15, -0.1) is 0 Å². The first-order chi connectivity index (χ1) is 12.4. The van der Waals surface area contributed by atoms with Crippen molar-refractivity contribution in [3.05, 3.63) is 35.0 Å². The Bertz CT molecular complexity index is 817. The molecule has 4 N–H and O–H groups in total. The van der Waals surface area contributed by atoms with Gasteiger partial charge >= 0.3 is 0 Å². The van der Waals surface area contributed by atoms with Gasteiger partial charge in [-0.1, -0.05) is 23.4 Å². The number of aliphatic hydroxyl groups excluding tert-OH is 1. The van der Waals surface area contributed by atoms with E-state index in [1.165, 1.54) is 6.20 Å². The van der Waals surface area contributed by atoms with Gasteiger partial charge in [0.25, 0.3) is 0 Å². The van der Waals surface area contributed by atoms with Crippen LogP contribution in [0, 0.1) is 11.8 Å². The van der Waals surface area contributed by atoms with Crippen LogP contribution in [0.3, 0.4) is 0 Å². The first-order valence-electron chi connectivity index (χ1n) is 7.99. The highest BCUT2D eigenvalue weighted by Gasteiger charge is 2.12. The molecule has 26 heavy (non-hydrogen) atoms. The number of anilines is 4. The Kier molecular flexibility index (Phi) is 7.04. The Morgan fingerprint density at radius 1 is 1.46 bits per heavy atom. The Balaban J connectivity index is 2.42. The quantitative estimate of drug-likeness (QED) is 0.666. The van der Waals surface area contributed by atoms with E-state index >= 15 is 0 Å². The molecule has 2 rings (SSSR count). The van der Waals surface area contributed by atoms with Crippen LogP contribution in [0.15, 0.2) is 24.4 Å². The Morgan fingerprint density at radius 3 is 2.92 bits per heavy atom. The number of nitrogens with two attached hydrogens (primary N) is 1. The molecule has 0 aliphatic rings. The molecule has 1 aromatic carbocycles. The minimum Gasteiger partial charge on any atom is -0.383 e. The summed E-state index contributed by atoms with van der Waals surface area (Å²) in [6.07, 6.45) is 0.740. The van der Waals surface area contributed by atoms with E-state index in [-0.39, 0.29) is 5.95 Å². The monoisotopic (exact) mass is 375 g/mol. The normalized spacial score (nSPS) is 11.4. The van der Waals surface area contributed by atoms with E-state index in [0.29, 0.717) is 24.0 Å². The van der Waals surface area contributed by atoms with Crippen molar-refractivity contribution in [1.82, 2.24) is 9.97 Å². The SMILES string of the molecule is COCCN(C)c1ccc(C#CC(C)O)cc1Nc1nc(N)ncc1Cl. The number of nitrogens with one attached hydrogen (secondary N) is 1. The summed E-state index contributed by atoms with van der Waals surface area (Å²) >= 11 is 6.17. The molecule has 8 heteroatoms. The summed E-state index contributed by atoms with van der Waals surface area (Å²) < 4.78 is 5.15. The highest BCUT2D eigenvalue weighted by molar-refractivity contribution is 6.33. The van der Waals surface area contributed by atoms with E-state index in [9.17, 15) is 5.11 Å². The smallest absolute Gasteiger partial charge is 0.222 e. The third-order valence-electron chi connectivity index (χ3n) is 3.48. The molecular weight excluding hydrogens is 354 g/mol. The minimum atomic E-state index is -0.702. The maximum Gasteiger partial charge on any atom is 0.222 e. The zero-order valence-corrected chi connectivity index (χ0v) is 15.7. The predicted molar refractivity (Wildman–Crippen MR) is 105 cm³/mol. The Hall–Kier alpha value is -2.53. The molecule has 0 amide bonds. The van der Waals surface area contributed by atoms with Gasteiger partial charge in [-0.25, -0.2) is 4.98 Å². The van der Waals surface area contributed by atoms with Crippen molar-refractivity contribution in [3.8, 4) is 11.8 Å². The van der Waals surface area contributed by atoms with Crippen molar-refractivity contribution in [3.63, 3.8) is 0 Å².